The number of aromatic nitrogens is 3. The summed E-state index contributed by atoms with van der Waals surface area (Å²) in [7, 11) is 0. The average Bonchev–Trinajstić information content (AvgIpc) is 3.29. The Morgan fingerprint density at radius 1 is 0.523 bits per heavy atom. The largest absolute Gasteiger partial charge is 0.416 e. The fourth-order valence-corrected chi connectivity index (χ4v) is 8.16. The minimum Gasteiger partial charge on any atom is -0.387 e. The number of nitrogens with zero attached hydrogens (tertiary/aromatic N) is 6. The van der Waals surface area contributed by atoms with E-state index >= 15 is 0 Å². The molecule has 3 aromatic carbocycles. The van der Waals surface area contributed by atoms with Crippen molar-refractivity contribution in [3.05, 3.63) is 170 Å². The number of azide groups is 1. The molecule has 0 amide bonds. The van der Waals surface area contributed by atoms with E-state index in [1.807, 2.05) is 18.2 Å². The van der Waals surface area contributed by atoms with E-state index in [1.165, 1.54) is 18.2 Å². The second-order valence-corrected chi connectivity index (χ2v) is 16.0. The van der Waals surface area contributed by atoms with Crippen molar-refractivity contribution >= 4 is 0 Å². The number of halogens is 9. The summed E-state index contributed by atoms with van der Waals surface area (Å²) in [5, 5.41) is 13.7. The molecule has 8 nitrogen and oxygen atoms in total. The molecule has 6 aromatic rings. The van der Waals surface area contributed by atoms with Crippen LogP contribution in [0, 0.1) is 0 Å². The smallest absolute Gasteiger partial charge is 0.387 e. The van der Waals surface area contributed by atoms with E-state index < -0.39 is 41.3 Å². The summed E-state index contributed by atoms with van der Waals surface area (Å²) in [6.07, 6.45) is -6.07. The lowest BCUT2D eigenvalue weighted by Gasteiger charge is -2.21. The molecule has 3 N–H and O–H groups in total. The van der Waals surface area contributed by atoms with Crippen LogP contribution in [0.15, 0.2) is 114 Å². The van der Waals surface area contributed by atoms with Crippen molar-refractivity contribution in [2.45, 2.75) is 94.5 Å². The Kier molecular flexibility index (Phi) is 14.0. The molecule has 0 saturated carbocycles. The van der Waals surface area contributed by atoms with Crippen LogP contribution in [0.1, 0.15) is 107 Å². The van der Waals surface area contributed by atoms with E-state index in [2.05, 4.69) is 25.0 Å². The molecule has 338 valence electrons. The SMILES string of the molecule is NC1CCCc2ccc(-c3cccc(C(F)(F)F)c3)nc21.OC1CCCc2ccc(-c3cccc(C(F)(F)F)c3)nc21.[N-]=[N+]=NC1CCCc2ccc(-c3cccc(C(F)(F)F)c3)nc21. The molecule has 3 aliphatic carbocycles. The molecule has 3 heterocycles. The molecule has 9 rings (SSSR count). The lowest BCUT2D eigenvalue weighted by atomic mass is 9.91. The number of hydrogen-bond acceptors (Lipinski definition) is 6. The molecule has 0 fully saturated rings. The Hall–Kier alpha value is -6.29. The van der Waals surface area contributed by atoms with Gasteiger partial charge in [0.15, 0.2) is 0 Å². The quantitative estimate of drug-likeness (QED) is 0.0786. The summed E-state index contributed by atoms with van der Waals surface area (Å²) in [5.41, 5.74) is 20.5. The van der Waals surface area contributed by atoms with E-state index in [0.717, 1.165) is 104 Å². The van der Waals surface area contributed by atoms with Gasteiger partial charge in [-0.15, -0.1) is 0 Å². The van der Waals surface area contributed by atoms with Crippen molar-refractivity contribution in [2.24, 2.45) is 10.8 Å². The summed E-state index contributed by atoms with van der Waals surface area (Å²) in [5.74, 6) is 0. The molecule has 17 heteroatoms. The van der Waals surface area contributed by atoms with E-state index in [0.29, 0.717) is 58.0 Å². The number of hydrogen-bond donors (Lipinski definition) is 2. The van der Waals surface area contributed by atoms with Gasteiger partial charge >= 0.3 is 18.5 Å². The highest BCUT2D eigenvalue weighted by Crippen LogP contribution is 2.38. The first-order chi connectivity index (χ1) is 30.9. The third kappa shape index (κ3) is 11.3. The van der Waals surface area contributed by atoms with Crippen molar-refractivity contribution in [1.82, 2.24) is 15.0 Å². The number of fused-ring (bicyclic) bond motifs is 3. The second-order valence-electron chi connectivity index (χ2n) is 16.0. The lowest BCUT2D eigenvalue weighted by molar-refractivity contribution is -0.138. The molecule has 0 radical (unpaired) electrons. The third-order valence-corrected chi connectivity index (χ3v) is 11.5. The van der Waals surface area contributed by atoms with Gasteiger partial charge in [0.05, 0.1) is 63.0 Å². The maximum Gasteiger partial charge on any atom is 0.416 e. The molecule has 0 aliphatic heterocycles. The highest BCUT2D eigenvalue weighted by Gasteiger charge is 2.33. The standard InChI is InChI=1S/C16H13F3N4.C16H15F3N2.C16H14F3NO/c17-16(18,19)12-5-1-4-11(9-12)13-8-7-10-3-2-6-14(22-23-20)15(10)21-13;17-16(18,19)12-5-1-4-11(9-12)14-8-7-10-3-2-6-13(20)15(10)21-14;17-16(18,19)12-5-1-4-11(9-12)13-8-7-10-3-2-6-14(21)15(10)20-13/h1,4-5,7-9,14H,2-3,6H2;1,4-5,7-9,13H,2-3,6,20H2;1,4-5,7-9,14,21H,2-3,6H2. The number of aliphatic hydroxyl groups is 1. The van der Waals surface area contributed by atoms with Crippen molar-refractivity contribution in [3.63, 3.8) is 0 Å². The normalized spacial score (nSPS) is 18.0. The number of nitrogens with two attached hydrogens (primary N) is 1. The van der Waals surface area contributed by atoms with Crippen LogP contribution in [0.5, 0.6) is 0 Å². The van der Waals surface area contributed by atoms with Gasteiger partial charge in [-0.3, -0.25) is 9.97 Å². The molecule has 3 atom stereocenters. The highest BCUT2D eigenvalue weighted by atomic mass is 19.4. The minimum atomic E-state index is -4.39. The summed E-state index contributed by atoms with van der Waals surface area (Å²) < 4.78 is 115. The molecule has 65 heavy (non-hydrogen) atoms. The van der Waals surface area contributed by atoms with Gasteiger partial charge in [-0.1, -0.05) is 59.7 Å². The summed E-state index contributed by atoms with van der Waals surface area (Å²) in [6.45, 7) is 0. The first-order valence-corrected chi connectivity index (χ1v) is 20.9. The Morgan fingerprint density at radius 3 is 1.35 bits per heavy atom. The maximum atomic E-state index is 12.8. The average molecular weight is 904 g/mol. The van der Waals surface area contributed by atoms with Gasteiger partial charge in [0.1, 0.15) is 0 Å². The molecule has 3 aliphatic rings. The Morgan fingerprint density at radius 2 is 0.908 bits per heavy atom. The molecule has 0 saturated heterocycles. The highest BCUT2D eigenvalue weighted by molar-refractivity contribution is 5.63. The molecule has 3 unspecified atom stereocenters. The van der Waals surface area contributed by atoms with Crippen LogP contribution in [-0.2, 0) is 37.8 Å². The van der Waals surface area contributed by atoms with Crippen molar-refractivity contribution in [2.75, 3.05) is 0 Å². The molecular formula is C48H42F9N7O. The van der Waals surface area contributed by atoms with Crippen molar-refractivity contribution < 1.29 is 44.6 Å². The minimum absolute atomic E-state index is 0.125. The van der Waals surface area contributed by atoms with Crippen LogP contribution in [0.2, 0.25) is 0 Å². The monoisotopic (exact) mass is 903 g/mol. The fraction of sp³-hybridized carbons (Fsp3) is 0.312. The zero-order valence-electron chi connectivity index (χ0n) is 34.6. The van der Waals surface area contributed by atoms with E-state index in [4.69, 9.17) is 11.3 Å². The van der Waals surface area contributed by atoms with Gasteiger partial charge < -0.3 is 10.8 Å². The van der Waals surface area contributed by atoms with Crippen molar-refractivity contribution in [3.8, 4) is 33.8 Å². The summed E-state index contributed by atoms with van der Waals surface area (Å²) in [6, 6.07) is 25.8. The first kappa shape index (κ1) is 46.7. The Balaban J connectivity index is 0.000000146. The predicted octanol–water partition coefficient (Wildman–Crippen LogP) is 13.7. The van der Waals surface area contributed by atoms with Gasteiger partial charge in [0.2, 0.25) is 0 Å². The van der Waals surface area contributed by atoms with Gasteiger partial charge in [0, 0.05) is 27.6 Å². The topological polar surface area (TPSA) is 134 Å². The van der Waals surface area contributed by atoms with E-state index in [9.17, 15) is 44.6 Å². The first-order valence-electron chi connectivity index (χ1n) is 20.9. The zero-order valence-corrected chi connectivity index (χ0v) is 34.6. The second kappa shape index (κ2) is 19.4. The summed E-state index contributed by atoms with van der Waals surface area (Å²) >= 11 is 0. The van der Waals surface area contributed by atoms with Crippen LogP contribution in [0.4, 0.5) is 39.5 Å². The van der Waals surface area contributed by atoms with E-state index in [-0.39, 0.29) is 12.1 Å². The third-order valence-electron chi connectivity index (χ3n) is 11.5. The lowest BCUT2D eigenvalue weighted by Crippen LogP contribution is -2.19. The van der Waals surface area contributed by atoms with Crippen LogP contribution in [0.3, 0.4) is 0 Å². The predicted molar refractivity (Wildman–Crippen MR) is 227 cm³/mol. The van der Waals surface area contributed by atoms with Gasteiger partial charge in [0.25, 0.3) is 0 Å². The maximum absolute atomic E-state index is 12.8. The van der Waals surface area contributed by atoms with Gasteiger partial charge in [-0.2, -0.15) is 39.5 Å². The number of benzene rings is 3. The van der Waals surface area contributed by atoms with E-state index in [1.54, 1.807) is 36.4 Å². The summed E-state index contributed by atoms with van der Waals surface area (Å²) in [4.78, 5) is 16.2. The van der Waals surface area contributed by atoms with Crippen LogP contribution in [0.25, 0.3) is 44.2 Å². The number of aliphatic hydroxyl groups excluding tert-OH is 1. The number of alkyl halides is 9. The molecule has 0 bridgehead atoms. The van der Waals surface area contributed by atoms with Crippen LogP contribution >= 0.6 is 0 Å². The van der Waals surface area contributed by atoms with Crippen LogP contribution in [-0.4, -0.2) is 20.1 Å². The molecule has 3 aromatic heterocycles. The number of aryl methyl sites for hydroxylation is 3. The van der Waals surface area contributed by atoms with Crippen LogP contribution < -0.4 is 5.73 Å². The Labute approximate surface area is 368 Å². The molecular weight excluding hydrogens is 862 g/mol. The van der Waals surface area contributed by atoms with Gasteiger partial charge in [-0.05, 0) is 135 Å². The van der Waals surface area contributed by atoms with Gasteiger partial charge in [-0.25, -0.2) is 4.98 Å². The number of pyridine rings is 3. The molecule has 0 spiro atoms. The fourth-order valence-electron chi connectivity index (χ4n) is 8.16. The zero-order chi connectivity index (χ0) is 46.5. The number of rotatable bonds is 4. The van der Waals surface area contributed by atoms with Crippen molar-refractivity contribution in [1.29, 1.82) is 0 Å². The Bertz CT molecular complexity index is 2580.